The van der Waals surface area contributed by atoms with Gasteiger partial charge in [-0.1, -0.05) is 13.8 Å². The minimum atomic E-state index is -1.55. The number of carbonyl (C=O) groups excluding carboxylic acids is 5. The molecule has 2 atom stereocenters. The van der Waals surface area contributed by atoms with E-state index in [0.717, 1.165) is 0 Å². The lowest BCUT2D eigenvalue weighted by molar-refractivity contribution is -0.134. The van der Waals surface area contributed by atoms with E-state index in [1.165, 1.54) is 6.92 Å². The van der Waals surface area contributed by atoms with Crippen molar-refractivity contribution in [2.24, 2.45) is 5.73 Å². The van der Waals surface area contributed by atoms with E-state index in [9.17, 15) is 24.0 Å². The first-order valence-electron chi connectivity index (χ1n) is 9.26. The summed E-state index contributed by atoms with van der Waals surface area (Å²) in [5, 5.41) is 22.2. The third-order valence-electron chi connectivity index (χ3n) is 3.59. The molecule has 0 aliphatic carbocycles. The third kappa shape index (κ3) is 13.7. The average Bonchev–Trinajstić information content (AvgIpc) is 2.56. The van der Waals surface area contributed by atoms with E-state index >= 15 is 0 Å². The number of nitrogens with two attached hydrogens (primary N) is 1. The number of hydrogen-bond acceptors (Lipinski definition) is 8. The molecule has 8 N–H and O–H groups in total. The van der Waals surface area contributed by atoms with Crippen molar-refractivity contribution in [3.05, 3.63) is 0 Å². The van der Waals surface area contributed by atoms with Gasteiger partial charge in [0.1, 0.15) is 12.1 Å². The Labute approximate surface area is 180 Å². The molecule has 0 radical (unpaired) electrons. The molecule has 0 bridgehead atoms. The van der Waals surface area contributed by atoms with Crippen LogP contribution in [-0.2, 0) is 24.0 Å². The maximum Gasteiger partial charge on any atom is 0.260 e. The molecule has 30 heavy (non-hydrogen) atoms. The van der Waals surface area contributed by atoms with Crippen molar-refractivity contribution in [2.75, 3.05) is 0 Å². The minimum absolute atomic E-state index is 0.0343. The van der Waals surface area contributed by atoms with Gasteiger partial charge in [0, 0.05) is 17.6 Å². The van der Waals surface area contributed by atoms with Gasteiger partial charge in [-0.15, -0.1) is 0 Å². The number of rotatable bonds is 12. The second-order valence-electron chi connectivity index (χ2n) is 7.42. The molecule has 0 aliphatic heterocycles. The predicted octanol–water partition coefficient (Wildman–Crippen LogP) is -2.42. The highest BCUT2D eigenvalue weighted by molar-refractivity contribution is 7.81. The Morgan fingerprint density at radius 2 is 1.60 bits per heavy atom. The summed E-state index contributed by atoms with van der Waals surface area (Å²) in [6, 6.07) is -2.41. The van der Waals surface area contributed by atoms with Crippen LogP contribution in [0, 0.1) is 0 Å². The molecule has 0 heterocycles. The third-order valence-corrected chi connectivity index (χ3v) is 3.75. The van der Waals surface area contributed by atoms with Crippen molar-refractivity contribution in [3.63, 3.8) is 0 Å². The summed E-state index contributed by atoms with van der Waals surface area (Å²) in [5.74, 6) is -3.48. The first-order valence-corrected chi connectivity index (χ1v) is 9.71. The van der Waals surface area contributed by atoms with E-state index in [-0.39, 0.29) is 25.7 Å². The number of hydrazine groups is 1. The van der Waals surface area contributed by atoms with Gasteiger partial charge < -0.3 is 26.6 Å². The molecule has 0 aromatic rings. The van der Waals surface area contributed by atoms with Gasteiger partial charge in [0.2, 0.25) is 23.6 Å². The number of amides is 5. The van der Waals surface area contributed by atoms with Crippen LogP contribution >= 0.6 is 12.6 Å². The average molecular weight is 450 g/mol. The number of primary amides is 1. The first-order chi connectivity index (χ1) is 13.7. The largest absolute Gasteiger partial charge is 0.370 e. The van der Waals surface area contributed by atoms with Crippen molar-refractivity contribution < 1.29 is 34.2 Å². The van der Waals surface area contributed by atoms with E-state index in [1.54, 1.807) is 13.8 Å². The Kier molecular flexibility index (Phi) is 12.0. The smallest absolute Gasteiger partial charge is 0.260 e. The lowest BCUT2D eigenvalue weighted by Crippen LogP contribution is -2.56. The van der Waals surface area contributed by atoms with E-state index in [4.69, 9.17) is 15.9 Å². The van der Waals surface area contributed by atoms with Crippen LogP contribution < -0.4 is 27.2 Å². The van der Waals surface area contributed by atoms with Gasteiger partial charge in [0.25, 0.3) is 5.91 Å². The first kappa shape index (κ1) is 27.6. The quantitative estimate of drug-likeness (QED) is 0.0920. The zero-order valence-electron chi connectivity index (χ0n) is 17.2. The highest BCUT2D eigenvalue weighted by atomic mass is 32.1. The van der Waals surface area contributed by atoms with E-state index in [0.29, 0.717) is 0 Å². The molecular formula is C17H31N5O7S. The topological polar surface area (TPSA) is 200 Å². The summed E-state index contributed by atoms with van der Waals surface area (Å²) in [5.41, 5.74) is 9.45. The molecule has 0 unspecified atom stereocenters. The lowest BCUT2D eigenvalue weighted by atomic mass is 10.1. The SMILES string of the molecule is C[C@H](NC(=O)[C@H](CC(N)=O)NC(=O)CCCC(O)O)C(=O)NNC(=O)CC(C)(C)S. The van der Waals surface area contributed by atoms with Crippen molar-refractivity contribution in [1.82, 2.24) is 21.5 Å². The Bertz CT molecular complexity index is 636. The van der Waals surface area contributed by atoms with Crippen molar-refractivity contribution in [3.8, 4) is 0 Å². The van der Waals surface area contributed by atoms with Crippen LogP contribution in [0.2, 0.25) is 0 Å². The summed E-state index contributed by atoms with van der Waals surface area (Å²) in [6.45, 7) is 4.78. The predicted molar refractivity (Wildman–Crippen MR) is 109 cm³/mol. The molecule has 0 fully saturated rings. The lowest BCUT2D eigenvalue weighted by Gasteiger charge is -2.21. The number of carbonyl (C=O) groups is 5. The van der Waals surface area contributed by atoms with Crippen LogP contribution in [0.1, 0.15) is 52.9 Å². The maximum atomic E-state index is 12.3. The van der Waals surface area contributed by atoms with Crippen molar-refractivity contribution >= 4 is 42.2 Å². The number of nitrogens with one attached hydrogen (secondary N) is 4. The van der Waals surface area contributed by atoms with Gasteiger partial charge in [-0.3, -0.25) is 34.8 Å². The van der Waals surface area contributed by atoms with Crippen LogP contribution in [-0.4, -0.2) is 62.9 Å². The summed E-state index contributed by atoms with van der Waals surface area (Å²) < 4.78 is -0.579. The Hall–Kier alpha value is -2.38. The Morgan fingerprint density at radius 3 is 2.10 bits per heavy atom. The van der Waals surface area contributed by atoms with Gasteiger partial charge in [0.05, 0.1) is 6.42 Å². The number of aliphatic hydroxyl groups excluding tert-OH is 1. The Morgan fingerprint density at radius 1 is 1.00 bits per heavy atom. The van der Waals surface area contributed by atoms with Crippen LogP contribution in [0.5, 0.6) is 0 Å². The molecule has 0 saturated carbocycles. The zero-order valence-corrected chi connectivity index (χ0v) is 18.1. The highest BCUT2D eigenvalue weighted by Crippen LogP contribution is 2.15. The summed E-state index contributed by atoms with van der Waals surface area (Å²) in [7, 11) is 0. The maximum absolute atomic E-state index is 12.3. The van der Waals surface area contributed by atoms with Crippen LogP contribution in [0.15, 0.2) is 0 Å². The van der Waals surface area contributed by atoms with Crippen LogP contribution in [0.4, 0.5) is 0 Å². The second kappa shape index (κ2) is 13.0. The second-order valence-corrected chi connectivity index (χ2v) is 8.63. The molecular weight excluding hydrogens is 418 g/mol. The zero-order chi connectivity index (χ0) is 23.5. The molecule has 12 nitrogen and oxygen atoms in total. The van der Waals surface area contributed by atoms with E-state index in [1.807, 2.05) is 0 Å². The van der Waals surface area contributed by atoms with Crippen molar-refractivity contribution in [1.29, 1.82) is 0 Å². The van der Waals surface area contributed by atoms with Crippen LogP contribution in [0.25, 0.3) is 0 Å². The molecule has 0 saturated heterocycles. The minimum Gasteiger partial charge on any atom is -0.370 e. The van der Waals surface area contributed by atoms with Crippen LogP contribution in [0.3, 0.4) is 0 Å². The van der Waals surface area contributed by atoms with Gasteiger partial charge in [-0.25, -0.2) is 0 Å². The summed E-state index contributed by atoms with van der Waals surface area (Å²) >= 11 is 4.20. The monoisotopic (exact) mass is 449 g/mol. The number of aliphatic hydroxyl groups is 2. The van der Waals surface area contributed by atoms with Gasteiger partial charge in [-0.05, 0) is 19.8 Å². The molecule has 5 amide bonds. The standard InChI is InChI=1S/C17H31N5O7S/c1-9(15(28)22-21-13(25)8-17(2,3)30)19-16(29)10(7-11(18)23)20-12(24)5-4-6-14(26)27/h9-10,14,26-27,30H,4-8H2,1-3H3,(H2,18,23)(H,19,29)(H,20,24)(H,21,25)(H,22,28)/t9-,10-/m0/s1. The van der Waals surface area contributed by atoms with Gasteiger partial charge in [-0.2, -0.15) is 12.6 Å². The molecule has 0 rings (SSSR count). The normalized spacial score (nSPS) is 13.2. The highest BCUT2D eigenvalue weighted by Gasteiger charge is 2.26. The van der Waals surface area contributed by atoms with Gasteiger partial charge >= 0.3 is 0 Å². The number of thiol groups is 1. The summed E-state index contributed by atoms with van der Waals surface area (Å²) in [4.78, 5) is 59.2. The van der Waals surface area contributed by atoms with E-state index < -0.39 is 59.1 Å². The fourth-order valence-corrected chi connectivity index (χ4v) is 2.32. The van der Waals surface area contributed by atoms with Gasteiger partial charge in [0.15, 0.2) is 6.29 Å². The fraction of sp³-hybridized carbons (Fsp3) is 0.706. The molecule has 0 spiro atoms. The Balaban J connectivity index is 4.70. The fourth-order valence-electron chi connectivity index (χ4n) is 2.18. The number of hydrogen-bond donors (Lipinski definition) is 8. The summed E-state index contributed by atoms with van der Waals surface area (Å²) in [6.07, 6.45) is -2.01. The molecule has 0 aromatic heterocycles. The van der Waals surface area contributed by atoms with E-state index in [2.05, 4.69) is 34.1 Å². The van der Waals surface area contributed by atoms with Crippen molar-refractivity contribution in [2.45, 2.75) is 76.0 Å². The molecule has 0 aromatic carbocycles. The molecule has 0 aliphatic rings. The molecule has 13 heteroatoms. The molecule has 172 valence electrons.